The second-order valence-electron chi connectivity index (χ2n) is 7.31. The highest BCUT2D eigenvalue weighted by Crippen LogP contribution is 2.33. The van der Waals surface area contributed by atoms with Gasteiger partial charge in [0.05, 0.1) is 50.6 Å². The van der Waals surface area contributed by atoms with Gasteiger partial charge in [0, 0.05) is 19.2 Å². The molecule has 2 aromatic carbocycles. The number of rotatable bonds is 8. The second kappa shape index (κ2) is 10.5. The molecule has 1 fully saturated rings. The third-order valence-corrected chi connectivity index (χ3v) is 6.20. The molecule has 0 unspecified atom stereocenters. The highest BCUT2D eigenvalue weighted by Gasteiger charge is 2.26. The highest BCUT2D eigenvalue weighted by molar-refractivity contribution is 7.92. The van der Waals surface area contributed by atoms with E-state index in [9.17, 15) is 18.0 Å². The van der Waals surface area contributed by atoms with Crippen LogP contribution in [0.3, 0.4) is 0 Å². The van der Waals surface area contributed by atoms with Crippen LogP contribution < -0.4 is 19.1 Å². The van der Waals surface area contributed by atoms with Crippen LogP contribution in [0.2, 0.25) is 0 Å². The van der Waals surface area contributed by atoms with Gasteiger partial charge in [0.25, 0.3) is 5.91 Å². The van der Waals surface area contributed by atoms with Crippen molar-refractivity contribution in [2.45, 2.75) is 0 Å². The molecule has 1 N–H and O–H groups in total. The molecule has 0 bridgehead atoms. The maximum atomic E-state index is 12.9. The van der Waals surface area contributed by atoms with Crippen molar-refractivity contribution in [2.75, 3.05) is 62.9 Å². The average molecular weight is 478 g/mol. The predicted octanol–water partition coefficient (Wildman–Crippen LogP) is 1.58. The summed E-state index contributed by atoms with van der Waals surface area (Å²) in [5.74, 6) is -0.133. The minimum atomic E-state index is -3.84. The van der Waals surface area contributed by atoms with Gasteiger partial charge in [-0.3, -0.25) is 13.9 Å². The van der Waals surface area contributed by atoms with Crippen LogP contribution in [-0.4, -0.2) is 78.5 Å². The van der Waals surface area contributed by atoms with Crippen molar-refractivity contribution in [1.29, 1.82) is 0 Å². The molecule has 1 heterocycles. The Labute approximate surface area is 193 Å². The molecule has 0 spiro atoms. The predicted molar refractivity (Wildman–Crippen MR) is 124 cm³/mol. The van der Waals surface area contributed by atoms with Gasteiger partial charge in [0.2, 0.25) is 15.9 Å². The largest absolute Gasteiger partial charge is 0.497 e. The molecule has 3 rings (SSSR count). The maximum Gasteiger partial charge on any atom is 0.256 e. The zero-order valence-corrected chi connectivity index (χ0v) is 19.6. The Hall–Kier alpha value is -3.31. The van der Waals surface area contributed by atoms with Crippen molar-refractivity contribution < 1.29 is 32.2 Å². The number of morpholine rings is 1. The fourth-order valence-electron chi connectivity index (χ4n) is 3.41. The quantitative estimate of drug-likeness (QED) is 0.614. The Morgan fingerprint density at radius 3 is 2.42 bits per heavy atom. The number of methoxy groups -OCH3 is 2. The first-order valence-electron chi connectivity index (χ1n) is 10.2. The number of amides is 2. The van der Waals surface area contributed by atoms with Crippen LogP contribution in [0, 0.1) is 0 Å². The van der Waals surface area contributed by atoms with Gasteiger partial charge in [-0.1, -0.05) is 12.1 Å². The van der Waals surface area contributed by atoms with Gasteiger partial charge in [0.1, 0.15) is 18.0 Å². The second-order valence-corrected chi connectivity index (χ2v) is 9.21. The number of nitrogens with one attached hydrogen (secondary N) is 1. The molecule has 178 valence electrons. The summed E-state index contributed by atoms with van der Waals surface area (Å²) >= 11 is 0. The molecule has 0 aromatic heterocycles. The van der Waals surface area contributed by atoms with E-state index in [1.54, 1.807) is 35.2 Å². The molecule has 1 saturated heterocycles. The van der Waals surface area contributed by atoms with Crippen molar-refractivity contribution in [3.05, 3.63) is 48.0 Å². The number of carbonyl (C=O) groups is 2. The lowest BCUT2D eigenvalue weighted by molar-refractivity contribution is -0.114. The van der Waals surface area contributed by atoms with E-state index in [0.717, 1.165) is 10.6 Å². The van der Waals surface area contributed by atoms with Gasteiger partial charge in [-0.05, 0) is 24.3 Å². The van der Waals surface area contributed by atoms with Crippen LogP contribution in [0.4, 0.5) is 11.4 Å². The fourth-order valence-corrected chi connectivity index (χ4v) is 4.27. The van der Waals surface area contributed by atoms with Crippen molar-refractivity contribution >= 4 is 33.2 Å². The summed E-state index contributed by atoms with van der Waals surface area (Å²) in [6.07, 6.45) is 1.000. The van der Waals surface area contributed by atoms with E-state index in [-0.39, 0.29) is 17.3 Å². The average Bonchev–Trinajstić information content (AvgIpc) is 2.82. The van der Waals surface area contributed by atoms with Crippen LogP contribution >= 0.6 is 0 Å². The van der Waals surface area contributed by atoms with Crippen LogP contribution in [-0.2, 0) is 19.6 Å². The summed E-state index contributed by atoms with van der Waals surface area (Å²) in [4.78, 5) is 27.5. The van der Waals surface area contributed by atoms with Gasteiger partial charge in [0.15, 0.2) is 0 Å². The number of ether oxygens (including phenoxy) is 3. The van der Waals surface area contributed by atoms with Gasteiger partial charge >= 0.3 is 0 Å². The number of hydrogen-bond donors (Lipinski definition) is 1. The highest BCUT2D eigenvalue weighted by atomic mass is 32.2. The molecule has 0 aliphatic carbocycles. The van der Waals surface area contributed by atoms with E-state index >= 15 is 0 Å². The molecular formula is C22H27N3O7S. The first-order chi connectivity index (χ1) is 15.7. The Bertz CT molecular complexity index is 1110. The SMILES string of the molecule is COc1ccc(N(CC(=O)Nc2ccccc2C(=O)N2CCOCC2)S(C)(=O)=O)c(OC)c1. The molecular weight excluding hydrogens is 450 g/mol. The van der Waals surface area contributed by atoms with E-state index in [2.05, 4.69) is 5.32 Å². The van der Waals surface area contributed by atoms with E-state index in [1.165, 1.54) is 26.4 Å². The van der Waals surface area contributed by atoms with Crippen LogP contribution in [0.5, 0.6) is 11.5 Å². The third-order valence-electron chi connectivity index (χ3n) is 5.07. The van der Waals surface area contributed by atoms with Gasteiger partial charge in [-0.15, -0.1) is 0 Å². The lowest BCUT2D eigenvalue weighted by Gasteiger charge is -2.28. The van der Waals surface area contributed by atoms with Crippen LogP contribution in [0.1, 0.15) is 10.4 Å². The first kappa shape index (κ1) is 24.3. The van der Waals surface area contributed by atoms with E-state index in [0.29, 0.717) is 43.3 Å². The molecule has 33 heavy (non-hydrogen) atoms. The van der Waals surface area contributed by atoms with Crippen molar-refractivity contribution in [3.63, 3.8) is 0 Å². The summed E-state index contributed by atoms with van der Waals surface area (Å²) < 4.78 is 41.7. The monoisotopic (exact) mass is 477 g/mol. The summed E-state index contributed by atoms with van der Waals surface area (Å²) in [7, 11) is -0.965. The van der Waals surface area contributed by atoms with Crippen molar-refractivity contribution in [3.8, 4) is 11.5 Å². The number of carbonyl (C=O) groups excluding carboxylic acids is 2. The van der Waals surface area contributed by atoms with Gasteiger partial charge in [-0.25, -0.2) is 8.42 Å². The lowest BCUT2D eigenvalue weighted by Crippen LogP contribution is -2.41. The van der Waals surface area contributed by atoms with E-state index in [1.807, 2.05) is 0 Å². The zero-order valence-electron chi connectivity index (χ0n) is 18.7. The molecule has 1 aliphatic rings. The molecule has 2 aromatic rings. The number of nitrogens with zero attached hydrogens (tertiary/aromatic N) is 2. The molecule has 0 saturated carbocycles. The Kier molecular flexibility index (Phi) is 7.77. The topological polar surface area (TPSA) is 114 Å². The molecule has 2 amide bonds. The zero-order chi connectivity index (χ0) is 24.0. The number of anilines is 2. The fraction of sp³-hybridized carbons (Fsp3) is 0.364. The Morgan fingerprint density at radius 1 is 1.09 bits per heavy atom. The third kappa shape index (κ3) is 5.93. The summed E-state index contributed by atoms with van der Waals surface area (Å²) in [6, 6.07) is 11.2. The smallest absolute Gasteiger partial charge is 0.256 e. The summed E-state index contributed by atoms with van der Waals surface area (Å²) in [5, 5.41) is 2.67. The Morgan fingerprint density at radius 2 is 1.79 bits per heavy atom. The normalized spacial score (nSPS) is 13.8. The molecule has 11 heteroatoms. The van der Waals surface area contributed by atoms with E-state index in [4.69, 9.17) is 14.2 Å². The van der Waals surface area contributed by atoms with Crippen molar-refractivity contribution in [2.24, 2.45) is 0 Å². The standard InChI is InChI=1S/C22H27N3O7S/c1-30-16-8-9-19(20(14-16)31-2)25(33(3,28)29)15-21(26)23-18-7-5-4-6-17(18)22(27)24-10-12-32-13-11-24/h4-9,14H,10-13,15H2,1-3H3,(H,23,26). The molecule has 0 atom stereocenters. The molecule has 1 aliphatic heterocycles. The lowest BCUT2D eigenvalue weighted by atomic mass is 10.1. The molecule has 10 nitrogen and oxygen atoms in total. The van der Waals surface area contributed by atoms with Crippen molar-refractivity contribution in [1.82, 2.24) is 4.90 Å². The van der Waals surface area contributed by atoms with E-state index < -0.39 is 22.5 Å². The minimum absolute atomic E-state index is 0.189. The summed E-state index contributed by atoms with van der Waals surface area (Å²) in [6.45, 7) is 1.31. The van der Waals surface area contributed by atoms with Gasteiger partial charge in [-0.2, -0.15) is 0 Å². The number of benzene rings is 2. The number of hydrogen-bond acceptors (Lipinski definition) is 7. The Balaban J connectivity index is 1.84. The van der Waals surface area contributed by atoms with Gasteiger partial charge < -0.3 is 24.4 Å². The number of para-hydroxylation sites is 1. The minimum Gasteiger partial charge on any atom is -0.497 e. The van der Waals surface area contributed by atoms with Crippen LogP contribution in [0.25, 0.3) is 0 Å². The number of sulfonamides is 1. The first-order valence-corrected chi connectivity index (χ1v) is 12.0. The maximum absolute atomic E-state index is 12.9. The summed E-state index contributed by atoms with van der Waals surface area (Å²) in [5.41, 5.74) is 0.809. The molecule has 0 radical (unpaired) electrons. The van der Waals surface area contributed by atoms with Crippen LogP contribution in [0.15, 0.2) is 42.5 Å².